The van der Waals surface area contributed by atoms with Gasteiger partial charge in [-0.2, -0.15) is 0 Å². The summed E-state index contributed by atoms with van der Waals surface area (Å²) in [7, 11) is 1.79. The Kier molecular flexibility index (Phi) is 2.93. The molecule has 0 N–H and O–H groups in total. The molecule has 0 radical (unpaired) electrons. The second-order valence-corrected chi connectivity index (χ2v) is 5.35. The van der Waals surface area contributed by atoms with E-state index in [4.69, 9.17) is 0 Å². The molecule has 0 saturated heterocycles. The second-order valence-electron chi connectivity index (χ2n) is 4.50. The monoisotopic (exact) mass is 337 g/mol. The first-order valence-corrected chi connectivity index (χ1v) is 6.58. The molecule has 102 valence electrons. The smallest absolute Gasteiger partial charge is 0.299 e. The Morgan fingerprint density at radius 3 is 2.75 bits per heavy atom. The van der Waals surface area contributed by atoms with E-state index in [2.05, 4.69) is 20.9 Å². The highest BCUT2D eigenvalue weighted by Gasteiger charge is 2.37. The fraction of sp³-hybridized carbons (Fsp3) is 0.154. The van der Waals surface area contributed by atoms with E-state index in [9.17, 15) is 14.0 Å². The van der Waals surface area contributed by atoms with Crippen molar-refractivity contribution in [1.29, 1.82) is 0 Å². The number of imidazole rings is 1. The molecule has 1 aromatic heterocycles. The van der Waals surface area contributed by atoms with E-state index in [1.165, 1.54) is 17.0 Å². The molecule has 0 fully saturated rings. The zero-order chi connectivity index (χ0) is 14.4. The normalized spacial score (nSPS) is 14.1. The van der Waals surface area contributed by atoms with Crippen LogP contribution in [0.2, 0.25) is 0 Å². The fourth-order valence-corrected chi connectivity index (χ4v) is 2.49. The van der Waals surface area contributed by atoms with E-state index >= 15 is 0 Å². The maximum absolute atomic E-state index is 13.6. The number of halogens is 2. The molecule has 1 aromatic carbocycles. The summed E-state index contributed by atoms with van der Waals surface area (Å²) in [6.45, 7) is 0.176. The lowest BCUT2D eigenvalue weighted by Gasteiger charge is -2.16. The average molecular weight is 338 g/mol. The molecule has 0 saturated carbocycles. The predicted octanol–water partition coefficient (Wildman–Crippen LogP) is 2.05. The third-order valence-electron chi connectivity index (χ3n) is 3.25. The predicted molar refractivity (Wildman–Crippen MR) is 72.8 cm³/mol. The first-order valence-electron chi connectivity index (χ1n) is 5.79. The van der Waals surface area contributed by atoms with Gasteiger partial charge in [-0.15, -0.1) is 0 Å². The van der Waals surface area contributed by atoms with Crippen LogP contribution in [0.3, 0.4) is 0 Å². The molecular weight excluding hydrogens is 329 g/mol. The van der Waals surface area contributed by atoms with Crippen molar-refractivity contribution >= 4 is 33.3 Å². The van der Waals surface area contributed by atoms with Gasteiger partial charge < -0.3 is 4.57 Å². The number of aromatic nitrogens is 2. The summed E-state index contributed by atoms with van der Waals surface area (Å²) in [4.78, 5) is 29.2. The zero-order valence-corrected chi connectivity index (χ0v) is 12.0. The Balaban J connectivity index is 2.06. The quantitative estimate of drug-likeness (QED) is 0.788. The van der Waals surface area contributed by atoms with Crippen molar-refractivity contribution in [2.45, 2.75) is 6.54 Å². The minimum absolute atomic E-state index is 0.166. The summed E-state index contributed by atoms with van der Waals surface area (Å²) < 4.78 is 15.6. The van der Waals surface area contributed by atoms with Gasteiger partial charge >= 0.3 is 0 Å². The number of ketones is 1. The molecule has 1 amide bonds. The first-order chi connectivity index (χ1) is 9.49. The Morgan fingerprint density at radius 1 is 1.35 bits per heavy atom. The minimum atomic E-state index is -0.654. The van der Waals surface area contributed by atoms with Crippen molar-refractivity contribution in [3.05, 3.63) is 46.2 Å². The van der Waals surface area contributed by atoms with Crippen molar-refractivity contribution < 1.29 is 14.0 Å². The molecule has 1 aliphatic rings. The number of hydrogen-bond acceptors (Lipinski definition) is 3. The molecular formula is C13H9BrFN3O2. The molecule has 0 spiro atoms. The maximum Gasteiger partial charge on any atom is 0.299 e. The number of aryl methyl sites for hydroxylation is 1. The third kappa shape index (κ3) is 1.85. The summed E-state index contributed by atoms with van der Waals surface area (Å²) in [6, 6.07) is 2.53. The largest absolute Gasteiger partial charge is 0.336 e. The Bertz CT molecular complexity index is 741. The highest BCUT2D eigenvalue weighted by Crippen LogP contribution is 2.34. The number of hydrogen-bond donors (Lipinski definition) is 0. The lowest BCUT2D eigenvalue weighted by atomic mass is 10.1. The molecule has 1 aliphatic heterocycles. The molecule has 0 aliphatic carbocycles. The lowest BCUT2D eigenvalue weighted by Crippen LogP contribution is -2.29. The van der Waals surface area contributed by atoms with Gasteiger partial charge in [0.15, 0.2) is 0 Å². The number of carbonyl (C=O) groups is 2. The van der Waals surface area contributed by atoms with Crippen LogP contribution in [0.5, 0.6) is 0 Å². The van der Waals surface area contributed by atoms with Gasteiger partial charge in [-0.05, 0) is 28.1 Å². The molecule has 7 heteroatoms. The van der Waals surface area contributed by atoms with Crippen molar-refractivity contribution in [2.75, 3.05) is 4.90 Å². The van der Waals surface area contributed by atoms with Gasteiger partial charge in [-0.1, -0.05) is 0 Å². The Morgan fingerprint density at radius 2 is 2.10 bits per heavy atom. The van der Waals surface area contributed by atoms with E-state index in [0.29, 0.717) is 5.69 Å². The maximum atomic E-state index is 13.6. The molecule has 2 heterocycles. The van der Waals surface area contributed by atoms with E-state index in [1.54, 1.807) is 24.1 Å². The number of Topliss-reactive ketones (excluding diaryl/α,β-unsaturated/α-hetero) is 1. The number of fused-ring (bicyclic) bond motifs is 1. The Hall–Kier alpha value is -2.02. The van der Waals surface area contributed by atoms with E-state index in [1.807, 2.05) is 0 Å². The Labute approximate surface area is 122 Å². The molecule has 3 rings (SSSR count). The number of anilines is 1. The molecule has 0 atom stereocenters. The van der Waals surface area contributed by atoms with Crippen LogP contribution < -0.4 is 4.90 Å². The standard InChI is InChI=1S/C13H9BrFN3O2/c1-17-6-16-4-7(17)5-18-11-3-10(15)9(14)2-8(11)12(19)13(18)20/h2-4,6H,5H2,1H3. The van der Waals surface area contributed by atoms with E-state index in [0.717, 1.165) is 5.69 Å². The van der Waals surface area contributed by atoms with Gasteiger partial charge in [-0.3, -0.25) is 14.5 Å². The number of nitrogens with zero attached hydrogens (tertiary/aromatic N) is 3. The van der Waals surface area contributed by atoms with Crippen molar-refractivity contribution in [2.24, 2.45) is 7.05 Å². The summed E-state index contributed by atoms with van der Waals surface area (Å²) in [5, 5.41) is 0. The van der Waals surface area contributed by atoms with Crippen LogP contribution in [0.1, 0.15) is 16.1 Å². The molecule has 0 bridgehead atoms. The molecule has 20 heavy (non-hydrogen) atoms. The number of rotatable bonds is 2. The summed E-state index contributed by atoms with van der Waals surface area (Å²) in [5.41, 5.74) is 1.26. The SMILES string of the molecule is Cn1cncc1CN1C(=O)C(=O)c2cc(Br)c(F)cc21. The van der Waals surface area contributed by atoms with Gasteiger partial charge in [0.2, 0.25) is 0 Å². The molecule has 5 nitrogen and oxygen atoms in total. The number of amides is 1. The minimum Gasteiger partial charge on any atom is -0.336 e. The number of benzene rings is 1. The molecule has 0 unspecified atom stereocenters. The van der Waals surface area contributed by atoms with Crippen molar-refractivity contribution in [3.63, 3.8) is 0 Å². The van der Waals surface area contributed by atoms with Crippen LogP contribution >= 0.6 is 15.9 Å². The van der Waals surface area contributed by atoms with Gasteiger partial charge in [0.25, 0.3) is 11.7 Å². The lowest BCUT2D eigenvalue weighted by molar-refractivity contribution is -0.114. The van der Waals surface area contributed by atoms with Gasteiger partial charge in [0, 0.05) is 13.2 Å². The van der Waals surface area contributed by atoms with Gasteiger partial charge in [-0.25, -0.2) is 9.37 Å². The van der Waals surface area contributed by atoms with Crippen LogP contribution in [0.25, 0.3) is 0 Å². The summed E-state index contributed by atoms with van der Waals surface area (Å²) in [5.74, 6) is -1.79. The fourth-order valence-electron chi connectivity index (χ4n) is 2.14. The highest BCUT2D eigenvalue weighted by molar-refractivity contribution is 9.10. The van der Waals surface area contributed by atoms with Crippen molar-refractivity contribution in [1.82, 2.24) is 9.55 Å². The third-order valence-corrected chi connectivity index (χ3v) is 3.86. The first kappa shape index (κ1) is 13.0. The van der Waals surface area contributed by atoms with Gasteiger partial charge in [0.05, 0.1) is 34.3 Å². The summed E-state index contributed by atoms with van der Waals surface area (Å²) in [6.07, 6.45) is 3.20. The van der Waals surface area contributed by atoms with E-state index < -0.39 is 17.5 Å². The van der Waals surface area contributed by atoms with Crippen LogP contribution in [-0.4, -0.2) is 21.2 Å². The topological polar surface area (TPSA) is 55.2 Å². The number of carbonyl (C=O) groups excluding carboxylic acids is 2. The van der Waals surface area contributed by atoms with E-state index in [-0.39, 0.29) is 16.6 Å². The van der Waals surface area contributed by atoms with Crippen molar-refractivity contribution in [3.8, 4) is 0 Å². The average Bonchev–Trinajstić information content (AvgIpc) is 2.90. The molecule has 2 aromatic rings. The zero-order valence-electron chi connectivity index (χ0n) is 10.4. The van der Waals surface area contributed by atoms with Crippen LogP contribution in [0, 0.1) is 5.82 Å². The highest BCUT2D eigenvalue weighted by atomic mass is 79.9. The van der Waals surface area contributed by atoms with Gasteiger partial charge in [0.1, 0.15) is 5.82 Å². The van der Waals surface area contributed by atoms with Crippen LogP contribution in [0.4, 0.5) is 10.1 Å². The summed E-state index contributed by atoms with van der Waals surface area (Å²) >= 11 is 3.02. The van der Waals surface area contributed by atoms with Crippen LogP contribution in [-0.2, 0) is 18.4 Å². The van der Waals surface area contributed by atoms with Crippen LogP contribution in [0.15, 0.2) is 29.1 Å². The second kappa shape index (κ2) is 4.52.